The van der Waals surface area contributed by atoms with Gasteiger partial charge in [0, 0.05) is 23.4 Å². The van der Waals surface area contributed by atoms with Gasteiger partial charge in [-0.2, -0.15) is 0 Å². The van der Waals surface area contributed by atoms with Gasteiger partial charge in [-0.05, 0) is 48.5 Å². The number of benzene rings is 2. The Bertz CT molecular complexity index is 961. The van der Waals surface area contributed by atoms with Crippen LogP contribution in [0.2, 0.25) is 0 Å². The highest BCUT2D eigenvalue weighted by Gasteiger charge is 2.12. The van der Waals surface area contributed by atoms with Crippen molar-refractivity contribution in [3.05, 3.63) is 95.3 Å². The van der Waals surface area contributed by atoms with E-state index in [1.54, 1.807) is 18.3 Å². The zero-order valence-corrected chi connectivity index (χ0v) is 14.1. The third kappa shape index (κ3) is 4.72. The largest absolute Gasteiger partial charge is 0.346 e. The number of carbonyl (C=O) groups is 2. The number of hydrogen-bond donors (Lipinski definition) is 2. The molecule has 2 amide bonds. The van der Waals surface area contributed by atoms with Crippen LogP contribution in [0.5, 0.6) is 0 Å². The van der Waals surface area contributed by atoms with Crippen molar-refractivity contribution in [1.29, 1.82) is 0 Å². The van der Waals surface area contributed by atoms with Gasteiger partial charge in [-0.25, -0.2) is 8.78 Å². The molecule has 0 fully saturated rings. The minimum atomic E-state index is -0.867. The Kier molecular flexibility index (Phi) is 5.51. The molecule has 0 aliphatic carbocycles. The quantitative estimate of drug-likeness (QED) is 0.725. The fourth-order valence-electron chi connectivity index (χ4n) is 2.33. The lowest BCUT2D eigenvalue weighted by atomic mass is 10.1. The van der Waals surface area contributed by atoms with Crippen molar-refractivity contribution >= 4 is 17.5 Å². The molecule has 2 N–H and O–H groups in total. The summed E-state index contributed by atoms with van der Waals surface area (Å²) in [5.74, 6) is -2.47. The first kappa shape index (κ1) is 18.2. The van der Waals surface area contributed by atoms with Gasteiger partial charge < -0.3 is 10.6 Å². The second-order valence-electron chi connectivity index (χ2n) is 5.66. The van der Waals surface area contributed by atoms with Crippen LogP contribution in [0.1, 0.15) is 26.4 Å². The predicted molar refractivity (Wildman–Crippen MR) is 96.2 cm³/mol. The molecule has 0 aliphatic heterocycles. The van der Waals surface area contributed by atoms with Crippen molar-refractivity contribution in [2.45, 2.75) is 6.54 Å². The van der Waals surface area contributed by atoms with Gasteiger partial charge in [-0.3, -0.25) is 14.6 Å². The van der Waals surface area contributed by atoms with E-state index >= 15 is 0 Å². The van der Waals surface area contributed by atoms with E-state index in [4.69, 9.17) is 0 Å². The zero-order chi connectivity index (χ0) is 19.2. The minimum Gasteiger partial charge on any atom is -0.346 e. The molecule has 0 spiro atoms. The Morgan fingerprint density at radius 2 is 1.59 bits per heavy atom. The molecular formula is C20H15F2N3O2. The van der Waals surface area contributed by atoms with Crippen molar-refractivity contribution in [3.8, 4) is 0 Å². The first-order valence-corrected chi connectivity index (χ1v) is 8.07. The first-order chi connectivity index (χ1) is 13.0. The number of nitrogens with one attached hydrogen (secondary N) is 2. The topological polar surface area (TPSA) is 71.1 Å². The Hall–Kier alpha value is -3.61. The van der Waals surface area contributed by atoms with Crippen molar-refractivity contribution in [1.82, 2.24) is 10.3 Å². The maximum atomic E-state index is 13.6. The molecule has 0 unspecified atom stereocenters. The summed E-state index contributed by atoms with van der Waals surface area (Å²) in [6.45, 7) is 0.283. The first-order valence-electron chi connectivity index (χ1n) is 8.07. The number of rotatable bonds is 5. The van der Waals surface area contributed by atoms with Crippen molar-refractivity contribution in [3.63, 3.8) is 0 Å². The molecule has 3 aromatic rings. The predicted octanol–water partition coefficient (Wildman–Crippen LogP) is 3.54. The molecule has 0 saturated heterocycles. The number of nitrogens with zero attached hydrogens (tertiary/aromatic N) is 1. The van der Waals surface area contributed by atoms with Crippen LogP contribution >= 0.6 is 0 Å². The number of amides is 2. The molecule has 27 heavy (non-hydrogen) atoms. The highest BCUT2D eigenvalue weighted by atomic mass is 19.1. The lowest BCUT2D eigenvalue weighted by Gasteiger charge is -2.08. The molecule has 5 nitrogen and oxygen atoms in total. The summed E-state index contributed by atoms with van der Waals surface area (Å²) in [7, 11) is 0. The van der Waals surface area contributed by atoms with Crippen LogP contribution in [0.3, 0.4) is 0 Å². The van der Waals surface area contributed by atoms with Crippen LogP contribution in [0.4, 0.5) is 14.5 Å². The number of aromatic nitrogens is 1. The SMILES string of the molecule is O=C(NCc1ccccn1)c1ccc(C(=O)Nc2ccc(F)cc2F)cc1. The van der Waals surface area contributed by atoms with Gasteiger partial charge in [-0.1, -0.05) is 6.07 Å². The van der Waals surface area contributed by atoms with Gasteiger partial charge in [0.05, 0.1) is 17.9 Å². The summed E-state index contributed by atoms with van der Waals surface area (Å²) in [5.41, 5.74) is 1.21. The Labute approximate surface area is 154 Å². The fraction of sp³-hybridized carbons (Fsp3) is 0.0500. The minimum absolute atomic E-state index is 0.126. The van der Waals surface area contributed by atoms with Crippen molar-refractivity contribution in [2.24, 2.45) is 0 Å². The molecule has 7 heteroatoms. The number of halogens is 2. The number of hydrogen-bond acceptors (Lipinski definition) is 3. The molecular weight excluding hydrogens is 352 g/mol. The van der Waals surface area contributed by atoms with Gasteiger partial charge >= 0.3 is 0 Å². The average molecular weight is 367 g/mol. The van der Waals surface area contributed by atoms with E-state index in [0.29, 0.717) is 11.6 Å². The second-order valence-corrected chi connectivity index (χ2v) is 5.66. The number of anilines is 1. The van der Waals surface area contributed by atoms with Gasteiger partial charge in [0.1, 0.15) is 11.6 Å². The van der Waals surface area contributed by atoms with Crippen LogP contribution < -0.4 is 10.6 Å². The van der Waals surface area contributed by atoms with E-state index in [1.165, 1.54) is 24.3 Å². The van der Waals surface area contributed by atoms with E-state index in [0.717, 1.165) is 17.8 Å². The summed E-state index contributed by atoms with van der Waals surface area (Å²) >= 11 is 0. The van der Waals surface area contributed by atoms with Gasteiger partial charge in [-0.15, -0.1) is 0 Å². The van der Waals surface area contributed by atoms with Crippen molar-refractivity contribution < 1.29 is 18.4 Å². The van der Waals surface area contributed by atoms with Crippen molar-refractivity contribution in [2.75, 3.05) is 5.32 Å². The van der Waals surface area contributed by atoms with E-state index in [-0.39, 0.29) is 23.7 Å². The second kappa shape index (κ2) is 8.18. The summed E-state index contributed by atoms with van der Waals surface area (Å²) in [6.07, 6.45) is 1.64. The van der Waals surface area contributed by atoms with E-state index in [9.17, 15) is 18.4 Å². The zero-order valence-electron chi connectivity index (χ0n) is 14.1. The molecule has 0 aliphatic rings. The summed E-state index contributed by atoms with van der Waals surface area (Å²) in [6, 6.07) is 14.2. The lowest BCUT2D eigenvalue weighted by Crippen LogP contribution is -2.23. The number of carbonyl (C=O) groups excluding carboxylic acids is 2. The van der Waals surface area contributed by atoms with E-state index < -0.39 is 17.5 Å². The third-order valence-electron chi connectivity index (χ3n) is 3.74. The van der Waals surface area contributed by atoms with Crippen LogP contribution in [-0.4, -0.2) is 16.8 Å². The molecule has 1 aromatic heterocycles. The Balaban J connectivity index is 1.62. The van der Waals surface area contributed by atoms with E-state index in [1.807, 2.05) is 6.07 Å². The molecule has 0 bridgehead atoms. The highest BCUT2D eigenvalue weighted by Crippen LogP contribution is 2.16. The molecule has 3 rings (SSSR count). The Morgan fingerprint density at radius 1 is 0.889 bits per heavy atom. The Morgan fingerprint density at radius 3 is 2.22 bits per heavy atom. The molecule has 0 saturated carbocycles. The molecule has 1 heterocycles. The molecule has 2 aromatic carbocycles. The standard InChI is InChI=1S/C20H15F2N3O2/c21-15-8-9-18(17(22)11-15)25-20(27)14-6-4-13(5-7-14)19(26)24-12-16-3-1-2-10-23-16/h1-11H,12H2,(H,24,26)(H,25,27). The maximum absolute atomic E-state index is 13.6. The maximum Gasteiger partial charge on any atom is 0.255 e. The third-order valence-corrected chi connectivity index (χ3v) is 3.74. The van der Waals surface area contributed by atoms with Gasteiger partial charge in [0.25, 0.3) is 11.8 Å². The fourth-order valence-corrected chi connectivity index (χ4v) is 2.33. The van der Waals surface area contributed by atoms with Gasteiger partial charge in [0.2, 0.25) is 0 Å². The van der Waals surface area contributed by atoms with E-state index in [2.05, 4.69) is 15.6 Å². The van der Waals surface area contributed by atoms with Crippen LogP contribution in [0.15, 0.2) is 66.9 Å². The summed E-state index contributed by atoms with van der Waals surface area (Å²) < 4.78 is 26.5. The highest BCUT2D eigenvalue weighted by molar-refractivity contribution is 6.05. The normalized spacial score (nSPS) is 10.3. The van der Waals surface area contributed by atoms with Crippen LogP contribution in [0.25, 0.3) is 0 Å². The summed E-state index contributed by atoms with van der Waals surface area (Å²) in [5, 5.41) is 5.09. The monoisotopic (exact) mass is 367 g/mol. The average Bonchev–Trinajstić information content (AvgIpc) is 2.69. The van der Waals surface area contributed by atoms with Gasteiger partial charge in [0.15, 0.2) is 0 Å². The summed E-state index contributed by atoms with van der Waals surface area (Å²) in [4.78, 5) is 28.4. The van der Waals surface area contributed by atoms with Crippen LogP contribution in [-0.2, 0) is 6.54 Å². The molecule has 136 valence electrons. The number of pyridine rings is 1. The smallest absolute Gasteiger partial charge is 0.255 e. The molecule has 0 radical (unpaired) electrons. The van der Waals surface area contributed by atoms with Crippen LogP contribution in [0, 0.1) is 11.6 Å². The lowest BCUT2D eigenvalue weighted by molar-refractivity contribution is 0.0948. The molecule has 0 atom stereocenters.